The molecule has 0 aliphatic carbocycles. The Balaban J connectivity index is 1.83. The van der Waals surface area contributed by atoms with Gasteiger partial charge in [-0.1, -0.05) is 36.8 Å². The molecular formula is C20H22N4O. The number of nitrogens with zero attached hydrogens (tertiary/aromatic N) is 3. The van der Waals surface area contributed by atoms with Gasteiger partial charge in [-0.3, -0.25) is 9.78 Å². The molecule has 3 heterocycles. The molecule has 1 saturated heterocycles. The number of anilines is 1. The number of aryl methyl sites for hydroxylation is 1. The Morgan fingerprint density at radius 1 is 1.20 bits per heavy atom. The molecule has 2 aromatic heterocycles. The van der Waals surface area contributed by atoms with Crippen molar-refractivity contribution in [2.45, 2.75) is 26.7 Å². The van der Waals surface area contributed by atoms with Crippen molar-refractivity contribution in [2.24, 2.45) is 5.92 Å². The second-order valence-corrected chi connectivity index (χ2v) is 7.01. The number of aromatic nitrogens is 3. The van der Waals surface area contributed by atoms with Crippen molar-refractivity contribution in [1.29, 1.82) is 0 Å². The summed E-state index contributed by atoms with van der Waals surface area (Å²) in [5.41, 5.74) is 3.45. The SMILES string of the molecule is Cc1ccc(-c2ccnc3nc(N4CCC[C@@H](C)C4)[nH]c(=O)c23)cc1. The number of rotatable bonds is 2. The predicted molar refractivity (Wildman–Crippen MR) is 101 cm³/mol. The van der Waals surface area contributed by atoms with Crippen LogP contribution in [0.4, 0.5) is 5.95 Å². The summed E-state index contributed by atoms with van der Waals surface area (Å²) < 4.78 is 0. The fraction of sp³-hybridized carbons (Fsp3) is 0.350. The van der Waals surface area contributed by atoms with Gasteiger partial charge in [0.1, 0.15) is 0 Å². The Kier molecular flexibility index (Phi) is 3.99. The lowest BCUT2D eigenvalue weighted by atomic mass is 10.0. The van der Waals surface area contributed by atoms with Crippen LogP contribution in [0.2, 0.25) is 0 Å². The number of fused-ring (bicyclic) bond motifs is 1. The van der Waals surface area contributed by atoms with Crippen LogP contribution in [0.15, 0.2) is 41.3 Å². The highest BCUT2D eigenvalue weighted by molar-refractivity contribution is 5.92. The minimum Gasteiger partial charge on any atom is -0.342 e. The molecule has 1 fully saturated rings. The van der Waals surface area contributed by atoms with Crippen LogP contribution in [-0.4, -0.2) is 28.0 Å². The lowest BCUT2D eigenvalue weighted by Crippen LogP contribution is -2.36. The van der Waals surface area contributed by atoms with E-state index in [2.05, 4.69) is 33.7 Å². The monoisotopic (exact) mass is 334 g/mol. The highest BCUT2D eigenvalue weighted by Gasteiger charge is 2.20. The molecule has 1 atom stereocenters. The summed E-state index contributed by atoms with van der Waals surface area (Å²) in [6, 6.07) is 10.0. The fourth-order valence-electron chi connectivity index (χ4n) is 3.56. The maximum atomic E-state index is 12.8. The van der Waals surface area contributed by atoms with Crippen LogP contribution >= 0.6 is 0 Å². The zero-order valence-electron chi connectivity index (χ0n) is 14.6. The molecule has 0 bridgehead atoms. The number of nitrogens with one attached hydrogen (secondary N) is 1. The van der Waals surface area contributed by atoms with Gasteiger partial charge >= 0.3 is 0 Å². The summed E-state index contributed by atoms with van der Waals surface area (Å²) in [6.45, 7) is 6.14. The van der Waals surface area contributed by atoms with Gasteiger partial charge in [0.05, 0.1) is 5.39 Å². The van der Waals surface area contributed by atoms with E-state index in [1.807, 2.05) is 30.3 Å². The largest absolute Gasteiger partial charge is 0.342 e. The molecule has 1 aromatic carbocycles. The molecule has 0 saturated carbocycles. The van der Waals surface area contributed by atoms with Gasteiger partial charge in [-0.2, -0.15) is 4.98 Å². The summed E-state index contributed by atoms with van der Waals surface area (Å²) in [5.74, 6) is 1.25. The third kappa shape index (κ3) is 3.02. The van der Waals surface area contributed by atoms with Gasteiger partial charge in [0.2, 0.25) is 5.95 Å². The van der Waals surface area contributed by atoms with Crippen molar-refractivity contribution >= 4 is 17.0 Å². The van der Waals surface area contributed by atoms with E-state index < -0.39 is 0 Å². The van der Waals surface area contributed by atoms with E-state index in [0.29, 0.717) is 22.9 Å². The van der Waals surface area contributed by atoms with E-state index in [1.165, 1.54) is 12.0 Å². The summed E-state index contributed by atoms with van der Waals surface area (Å²) >= 11 is 0. The molecule has 1 aliphatic rings. The highest BCUT2D eigenvalue weighted by atomic mass is 16.1. The van der Waals surface area contributed by atoms with E-state index in [9.17, 15) is 4.79 Å². The molecular weight excluding hydrogens is 312 g/mol. The van der Waals surface area contributed by atoms with Gasteiger partial charge in [-0.25, -0.2) is 4.98 Å². The molecule has 5 nitrogen and oxygen atoms in total. The van der Waals surface area contributed by atoms with Crippen molar-refractivity contribution < 1.29 is 0 Å². The number of pyridine rings is 1. The third-order valence-electron chi connectivity index (χ3n) is 4.91. The number of piperidine rings is 1. The van der Waals surface area contributed by atoms with Crippen LogP contribution in [0.25, 0.3) is 22.2 Å². The van der Waals surface area contributed by atoms with Gasteiger partial charge in [0, 0.05) is 19.3 Å². The van der Waals surface area contributed by atoms with Crippen LogP contribution in [0.3, 0.4) is 0 Å². The topological polar surface area (TPSA) is 61.9 Å². The van der Waals surface area contributed by atoms with Crippen LogP contribution in [0.1, 0.15) is 25.3 Å². The maximum Gasteiger partial charge on any atom is 0.262 e. The first kappa shape index (κ1) is 15.8. The molecule has 1 N–H and O–H groups in total. The van der Waals surface area contributed by atoms with E-state index in [-0.39, 0.29) is 5.56 Å². The Morgan fingerprint density at radius 3 is 2.76 bits per heavy atom. The van der Waals surface area contributed by atoms with E-state index >= 15 is 0 Å². The molecule has 25 heavy (non-hydrogen) atoms. The molecule has 0 radical (unpaired) electrons. The van der Waals surface area contributed by atoms with Gasteiger partial charge in [-0.05, 0) is 42.9 Å². The first-order valence-electron chi connectivity index (χ1n) is 8.83. The molecule has 0 unspecified atom stereocenters. The quantitative estimate of drug-likeness (QED) is 0.779. The normalized spacial score (nSPS) is 17.8. The van der Waals surface area contributed by atoms with Gasteiger partial charge in [0.25, 0.3) is 5.56 Å². The molecule has 4 rings (SSSR count). The first-order chi connectivity index (χ1) is 12.1. The summed E-state index contributed by atoms with van der Waals surface area (Å²) in [6.07, 6.45) is 4.08. The Morgan fingerprint density at radius 2 is 2.00 bits per heavy atom. The molecule has 0 spiro atoms. The maximum absolute atomic E-state index is 12.8. The van der Waals surface area contributed by atoms with E-state index in [1.54, 1.807) is 6.20 Å². The van der Waals surface area contributed by atoms with Gasteiger partial charge < -0.3 is 4.90 Å². The Labute approximate surface area is 146 Å². The third-order valence-corrected chi connectivity index (χ3v) is 4.91. The Bertz CT molecular complexity index is 962. The van der Waals surface area contributed by atoms with Crippen LogP contribution in [0.5, 0.6) is 0 Å². The van der Waals surface area contributed by atoms with Crippen molar-refractivity contribution in [2.75, 3.05) is 18.0 Å². The van der Waals surface area contributed by atoms with Crippen LogP contribution in [0, 0.1) is 12.8 Å². The first-order valence-corrected chi connectivity index (χ1v) is 8.83. The van der Waals surface area contributed by atoms with Crippen molar-refractivity contribution in [1.82, 2.24) is 15.0 Å². The zero-order valence-corrected chi connectivity index (χ0v) is 14.6. The summed E-state index contributed by atoms with van der Waals surface area (Å²) in [4.78, 5) is 27.0. The average Bonchev–Trinajstić information content (AvgIpc) is 2.62. The second kappa shape index (κ2) is 6.31. The molecule has 128 valence electrons. The zero-order chi connectivity index (χ0) is 17.4. The van der Waals surface area contributed by atoms with Gasteiger partial charge in [-0.15, -0.1) is 0 Å². The smallest absolute Gasteiger partial charge is 0.262 e. The predicted octanol–water partition coefficient (Wildman–Crippen LogP) is 3.53. The molecule has 3 aromatic rings. The average molecular weight is 334 g/mol. The highest BCUT2D eigenvalue weighted by Crippen LogP contribution is 2.26. The van der Waals surface area contributed by atoms with Crippen molar-refractivity contribution in [3.05, 3.63) is 52.4 Å². The standard InChI is InChI=1S/C20H22N4O/c1-13-5-7-15(8-6-13)16-9-10-21-18-17(16)19(25)23-20(22-18)24-11-3-4-14(2)12-24/h5-10,14H,3-4,11-12H2,1-2H3,(H,21,22,23,25)/t14-/m1/s1. The van der Waals surface area contributed by atoms with E-state index in [0.717, 1.165) is 30.6 Å². The number of hydrogen-bond acceptors (Lipinski definition) is 4. The molecule has 0 amide bonds. The number of aromatic amines is 1. The minimum absolute atomic E-state index is 0.123. The summed E-state index contributed by atoms with van der Waals surface area (Å²) in [5, 5.41) is 0.556. The lowest BCUT2D eigenvalue weighted by Gasteiger charge is -2.31. The minimum atomic E-state index is -0.123. The van der Waals surface area contributed by atoms with Crippen LogP contribution < -0.4 is 10.5 Å². The summed E-state index contributed by atoms with van der Waals surface area (Å²) in [7, 11) is 0. The molecule has 5 heteroatoms. The van der Waals surface area contributed by atoms with Crippen molar-refractivity contribution in [3.8, 4) is 11.1 Å². The second-order valence-electron chi connectivity index (χ2n) is 7.01. The Hall–Kier alpha value is -2.69. The number of benzene rings is 1. The number of H-pyrrole nitrogens is 1. The van der Waals surface area contributed by atoms with Crippen LogP contribution in [-0.2, 0) is 0 Å². The molecule has 1 aliphatic heterocycles. The fourth-order valence-corrected chi connectivity index (χ4v) is 3.56. The van der Waals surface area contributed by atoms with Crippen molar-refractivity contribution in [3.63, 3.8) is 0 Å². The van der Waals surface area contributed by atoms with Gasteiger partial charge in [0.15, 0.2) is 5.65 Å². The lowest BCUT2D eigenvalue weighted by molar-refractivity contribution is 0.442. The van der Waals surface area contributed by atoms with E-state index in [4.69, 9.17) is 0 Å². The number of hydrogen-bond donors (Lipinski definition) is 1.